The molecule has 0 aliphatic heterocycles. The Morgan fingerprint density at radius 1 is 1.28 bits per heavy atom. The second kappa shape index (κ2) is 4.96. The SMILES string of the molecule is CC1CCC(N)(Cc2ccc(F)c(F)c2)C(C)C1. The predicted octanol–water partition coefficient (Wildman–Crippen LogP) is 3.66. The number of rotatable bonds is 2. The molecule has 3 unspecified atom stereocenters. The standard InChI is InChI=1S/C15H21F2N/c1-10-5-6-15(18,11(2)7-10)9-12-3-4-13(16)14(17)8-12/h3-4,8,10-11H,5-7,9,18H2,1-2H3. The van der Waals surface area contributed by atoms with Gasteiger partial charge < -0.3 is 5.73 Å². The molecule has 1 saturated carbocycles. The van der Waals surface area contributed by atoms with Crippen LogP contribution in [0.15, 0.2) is 18.2 Å². The van der Waals surface area contributed by atoms with Gasteiger partial charge in [-0.1, -0.05) is 19.9 Å². The smallest absolute Gasteiger partial charge is 0.159 e. The van der Waals surface area contributed by atoms with Crippen LogP contribution in [-0.4, -0.2) is 5.54 Å². The van der Waals surface area contributed by atoms with Crippen molar-refractivity contribution in [2.45, 2.75) is 45.1 Å². The quantitative estimate of drug-likeness (QED) is 0.855. The van der Waals surface area contributed by atoms with E-state index < -0.39 is 11.6 Å². The molecule has 0 amide bonds. The molecule has 1 aliphatic carbocycles. The Morgan fingerprint density at radius 3 is 2.61 bits per heavy atom. The van der Waals surface area contributed by atoms with Crippen molar-refractivity contribution >= 4 is 0 Å². The summed E-state index contributed by atoms with van der Waals surface area (Å²) in [6.07, 6.45) is 3.80. The third-order valence-corrected chi connectivity index (χ3v) is 4.36. The van der Waals surface area contributed by atoms with Gasteiger partial charge in [-0.2, -0.15) is 0 Å². The molecule has 1 fully saturated rings. The molecule has 1 aliphatic rings. The van der Waals surface area contributed by atoms with Gasteiger partial charge in [0.1, 0.15) is 0 Å². The summed E-state index contributed by atoms with van der Waals surface area (Å²) in [5.74, 6) is -0.459. The first kappa shape index (κ1) is 13.5. The zero-order valence-corrected chi connectivity index (χ0v) is 11.0. The maximum atomic E-state index is 13.2. The van der Waals surface area contributed by atoms with E-state index in [-0.39, 0.29) is 5.54 Å². The van der Waals surface area contributed by atoms with Crippen molar-refractivity contribution in [3.05, 3.63) is 35.4 Å². The molecule has 1 nitrogen and oxygen atoms in total. The summed E-state index contributed by atoms with van der Waals surface area (Å²) in [4.78, 5) is 0. The fourth-order valence-electron chi connectivity index (χ4n) is 3.01. The van der Waals surface area contributed by atoms with Crippen LogP contribution in [0, 0.1) is 23.5 Å². The van der Waals surface area contributed by atoms with Gasteiger partial charge in [-0.3, -0.25) is 0 Å². The molecule has 2 N–H and O–H groups in total. The first-order valence-corrected chi connectivity index (χ1v) is 6.63. The first-order chi connectivity index (χ1) is 8.40. The molecule has 0 aromatic heterocycles. The van der Waals surface area contributed by atoms with Crippen molar-refractivity contribution in [3.8, 4) is 0 Å². The lowest BCUT2D eigenvalue weighted by molar-refractivity contribution is 0.163. The van der Waals surface area contributed by atoms with Crippen LogP contribution in [0.1, 0.15) is 38.7 Å². The second-order valence-electron chi connectivity index (χ2n) is 5.94. The molecule has 1 aromatic carbocycles. The summed E-state index contributed by atoms with van der Waals surface area (Å²) in [5.41, 5.74) is 6.98. The molecular formula is C15H21F2N. The zero-order chi connectivity index (χ0) is 13.3. The van der Waals surface area contributed by atoms with Crippen molar-refractivity contribution in [1.29, 1.82) is 0 Å². The average Bonchev–Trinajstić information content (AvgIpc) is 2.30. The summed E-state index contributed by atoms with van der Waals surface area (Å²) in [5, 5.41) is 0. The Labute approximate surface area is 107 Å². The van der Waals surface area contributed by atoms with Crippen LogP contribution in [0.2, 0.25) is 0 Å². The average molecular weight is 253 g/mol. The van der Waals surface area contributed by atoms with E-state index in [2.05, 4.69) is 13.8 Å². The van der Waals surface area contributed by atoms with Crippen LogP contribution in [0.4, 0.5) is 8.78 Å². The number of hydrogen-bond acceptors (Lipinski definition) is 1. The normalized spacial score (nSPS) is 32.5. The minimum Gasteiger partial charge on any atom is -0.325 e. The van der Waals surface area contributed by atoms with E-state index in [9.17, 15) is 8.78 Å². The highest BCUT2D eigenvalue weighted by Crippen LogP contribution is 2.37. The van der Waals surface area contributed by atoms with Crippen molar-refractivity contribution < 1.29 is 8.78 Å². The highest BCUT2D eigenvalue weighted by Gasteiger charge is 2.36. The third-order valence-electron chi connectivity index (χ3n) is 4.36. The van der Waals surface area contributed by atoms with Gasteiger partial charge in [0.25, 0.3) is 0 Å². The lowest BCUT2D eigenvalue weighted by Gasteiger charge is -2.42. The maximum Gasteiger partial charge on any atom is 0.159 e. The van der Waals surface area contributed by atoms with E-state index in [0.717, 1.165) is 24.8 Å². The topological polar surface area (TPSA) is 26.0 Å². The Kier molecular flexibility index (Phi) is 3.71. The Bertz CT molecular complexity index is 433. The van der Waals surface area contributed by atoms with E-state index in [4.69, 9.17) is 5.73 Å². The van der Waals surface area contributed by atoms with E-state index in [1.807, 2.05) is 0 Å². The summed E-state index contributed by atoms with van der Waals surface area (Å²) >= 11 is 0. The van der Waals surface area contributed by atoms with Gasteiger partial charge in [0.05, 0.1) is 0 Å². The van der Waals surface area contributed by atoms with Gasteiger partial charge in [-0.25, -0.2) is 8.78 Å². The second-order valence-corrected chi connectivity index (χ2v) is 5.94. The summed E-state index contributed by atoms with van der Waals surface area (Å²) in [7, 11) is 0. The predicted molar refractivity (Wildman–Crippen MR) is 69.2 cm³/mol. The Hall–Kier alpha value is -0.960. The molecule has 0 saturated heterocycles. The minimum atomic E-state index is -0.796. The van der Waals surface area contributed by atoms with Crippen LogP contribution in [0.25, 0.3) is 0 Å². The molecule has 3 atom stereocenters. The minimum absolute atomic E-state index is 0.281. The van der Waals surface area contributed by atoms with E-state index in [1.54, 1.807) is 6.07 Å². The molecular weight excluding hydrogens is 232 g/mol. The van der Waals surface area contributed by atoms with Crippen LogP contribution in [-0.2, 0) is 6.42 Å². The lowest BCUT2D eigenvalue weighted by atomic mass is 9.68. The Balaban J connectivity index is 2.14. The molecule has 2 rings (SSSR count). The van der Waals surface area contributed by atoms with Crippen LogP contribution < -0.4 is 5.73 Å². The molecule has 0 spiro atoms. The van der Waals surface area contributed by atoms with E-state index in [1.165, 1.54) is 12.1 Å². The summed E-state index contributed by atoms with van der Waals surface area (Å²) in [6.45, 7) is 4.41. The third kappa shape index (κ3) is 2.72. The molecule has 0 bridgehead atoms. The fourth-order valence-corrected chi connectivity index (χ4v) is 3.01. The highest BCUT2D eigenvalue weighted by atomic mass is 19.2. The fraction of sp³-hybridized carbons (Fsp3) is 0.600. The number of halogens is 2. The Morgan fingerprint density at radius 2 is 2.00 bits per heavy atom. The van der Waals surface area contributed by atoms with Crippen molar-refractivity contribution in [3.63, 3.8) is 0 Å². The van der Waals surface area contributed by atoms with Crippen molar-refractivity contribution in [1.82, 2.24) is 0 Å². The highest BCUT2D eigenvalue weighted by molar-refractivity contribution is 5.21. The molecule has 18 heavy (non-hydrogen) atoms. The first-order valence-electron chi connectivity index (χ1n) is 6.63. The van der Waals surface area contributed by atoms with Gasteiger partial charge in [0.15, 0.2) is 11.6 Å². The van der Waals surface area contributed by atoms with Crippen LogP contribution in [0.5, 0.6) is 0 Å². The number of hydrogen-bond donors (Lipinski definition) is 1. The zero-order valence-electron chi connectivity index (χ0n) is 11.0. The van der Waals surface area contributed by atoms with Gasteiger partial charge in [0.2, 0.25) is 0 Å². The van der Waals surface area contributed by atoms with E-state index >= 15 is 0 Å². The molecule has 0 heterocycles. The van der Waals surface area contributed by atoms with Gasteiger partial charge in [0, 0.05) is 5.54 Å². The van der Waals surface area contributed by atoms with Gasteiger partial charge in [-0.15, -0.1) is 0 Å². The number of nitrogens with two attached hydrogens (primary N) is 1. The van der Waals surface area contributed by atoms with Gasteiger partial charge >= 0.3 is 0 Å². The van der Waals surface area contributed by atoms with Crippen molar-refractivity contribution in [2.75, 3.05) is 0 Å². The largest absolute Gasteiger partial charge is 0.325 e. The molecule has 1 aromatic rings. The van der Waals surface area contributed by atoms with Crippen molar-refractivity contribution in [2.24, 2.45) is 17.6 Å². The van der Waals surface area contributed by atoms with E-state index in [0.29, 0.717) is 18.3 Å². The summed E-state index contributed by atoms with van der Waals surface area (Å²) in [6, 6.07) is 4.09. The lowest BCUT2D eigenvalue weighted by Crippen LogP contribution is -2.51. The molecule has 0 radical (unpaired) electrons. The summed E-state index contributed by atoms with van der Waals surface area (Å²) < 4.78 is 26.1. The maximum absolute atomic E-state index is 13.2. The molecule has 3 heteroatoms. The number of benzene rings is 1. The van der Waals surface area contributed by atoms with Crippen LogP contribution in [0.3, 0.4) is 0 Å². The molecule has 100 valence electrons. The monoisotopic (exact) mass is 253 g/mol. The van der Waals surface area contributed by atoms with Crippen LogP contribution >= 0.6 is 0 Å². The van der Waals surface area contributed by atoms with Gasteiger partial charge in [-0.05, 0) is 55.2 Å².